The molecule has 7 heteroatoms. The van der Waals surface area contributed by atoms with Gasteiger partial charge in [-0.1, -0.05) is 29.8 Å². The monoisotopic (exact) mass is 345 g/mol. The number of carbonyl (C=O) groups is 1. The SMILES string of the molecule is O=C(CN1CCN(c2cnccn2)CC1)NCc1ccccc1Cl. The van der Waals surface area contributed by atoms with Gasteiger partial charge in [0.05, 0.1) is 12.7 Å². The Kier molecular flexibility index (Phi) is 5.61. The second kappa shape index (κ2) is 8.08. The summed E-state index contributed by atoms with van der Waals surface area (Å²) < 4.78 is 0. The van der Waals surface area contributed by atoms with E-state index in [2.05, 4.69) is 25.1 Å². The van der Waals surface area contributed by atoms with Crippen LogP contribution in [0, 0.1) is 0 Å². The van der Waals surface area contributed by atoms with Crippen LogP contribution in [0.25, 0.3) is 0 Å². The van der Waals surface area contributed by atoms with Crippen LogP contribution in [0.3, 0.4) is 0 Å². The number of anilines is 1. The lowest BCUT2D eigenvalue weighted by Gasteiger charge is -2.34. The molecular weight excluding hydrogens is 326 g/mol. The van der Waals surface area contributed by atoms with Gasteiger partial charge in [0.1, 0.15) is 5.82 Å². The first-order valence-electron chi connectivity index (χ1n) is 7.96. The highest BCUT2D eigenvalue weighted by molar-refractivity contribution is 6.31. The number of piperazine rings is 1. The van der Waals surface area contributed by atoms with Crippen molar-refractivity contribution in [2.45, 2.75) is 6.54 Å². The minimum atomic E-state index is 0.0165. The van der Waals surface area contributed by atoms with E-state index in [9.17, 15) is 4.79 Å². The lowest BCUT2D eigenvalue weighted by molar-refractivity contribution is -0.122. The fourth-order valence-corrected chi connectivity index (χ4v) is 2.89. The number of halogens is 1. The lowest BCUT2D eigenvalue weighted by atomic mass is 10.2. The van der Waals surface area contributed by atoms with E-state index >= 15 is 0 Å². The molecule has 0 atom stereocenters. The van der Waals surface area contributed by atoms with E-state index in [1.54, 1.807) is 18.6 Å². The largest absolute Gasteiger partial charge is 0.353 e. The minimum Gasteiger partial charge on any atom is -0.353 e. The van der Waals surface area contributed by atoms with Gasteiger partial charge in [0.2, 0.25) is 5.91 Å². The van der Waals surface area contributed by atoms with Crippen molar-refractivity contribution in [1.29, 1.82) is 0 Å². The highest BCUT2D eigenvalue weighted by Gasteiger charge is 2.19. The summed E-state index contributed by atoms with van der Waals surface area (Å²) in [5.41, 5.74) is 0.931. The second-order valence-electron chi connectivity index (χ2n) is 5.69. The molecule has 126 valence electrons. The van der Waals surface area contributed by atoms with Crippen molar-refractivity contribution >= 4 is 23.3 Å². The van der Waals surface area contributed by atoms with E-state index in [4.69, 9.17) is 11.6 Å². The smallest absolute Gasteiger partial charge is 0.234 e. The van der Waals surface area contributed by atoms with Crippen molar-refractivity contribution in [3.63, 3.8) is 0 Å². The standard InChI is InChI=1S/C17H20ClN5O/c18-15-4-2-1-3-14(15)11-21-17(24)13-22-7-9-23(10-8-22)16-12-19-5-6-20-16/h1-6,12H,7-11,13H2,(H,21,24). The first kappa shape index (κ1) is 16.7. The molecule has 2 aromatic rings. The van der Waals surface area contributed by atoms with Gasteiger partial charge in [0.25, 0.3) is 0 Å². The van der Waals surface area contributed by atoms with E-state index < -0.39 is 0 Å². The molecule has 0 unspecified atom stereocenters. The van der Waals surface area contributed by atoms with E-state index in [1.807, 2.05) is 24.3 Å². The topological polar surface area (TPSA) is 61.4 Å². The van der Waals surface area contributed by atoms with Gasteiger partial charge in [0, 0.05) is 50.1 Å². The molecule has 1 N–H and O–H groups in total. The van der Waals surface area contributed by atoms with Crippen LogP contribution in [0.5, 0.6) is 0 Å². The maximum Gasteiger partial charge on any atom is 0.234 e. The summed E-state index contributed by atoms with van der Waals surface area (Å²) >= 11 is 6.10. The summed E-state index contributed by atoms with van der Waals surface area (Å²) in [6.45, 7) is 4.20. The number of aromatic nitrogens is 2. The molecule has 24 heavy (non-hydrogen) atoms. The Morgan fingerprint density at radius 2 is 1.96 bits per heavy atom. The molecule has 0 saturated carbocycles. The first-order chi connectivity index (χ1) is 11.7. The van der Waals surface area contributed by atoms with Gasteiger partial charge in [-0.25, -0.2) is 4.98 Å². The molecule has 1 aromatic heterocycles. The molecule has 3 rings (SSSR count). The lowest BCUT2D eigenvalue weighted by Crippen LogP contribution is -2.49. The molecule has 0 spiro atoms. The molecular formula is C17H20ClN5O. The maximum atomic E-state index is 12.1. The van der Waals surface area contributed by atoms with E-state index in [1.165, 1.54) is 0 Å². The van der Waals surface area contributed by atoms with Crippen molar-refractivity contribution in [2.75, 3.05) is 37.6 Å². The number of amides is 1. The van der Waals surface area contributed by atoms with Gasteiger partial charge in [0.15, 0.2) is 0 Å². The Morgan fingerprint density at radius 3 is 2.67 bits per heavy atom. The van der Waals surface area contributed by atoms with Crippen LogP contribution in [0.1, 0.15) is 5.56 Å². The molecule has 1 aliphatic rings. The quantitative estimate of drug-likeness (QED) is 0.891. The number of benzene rings is 1. The average molecular weight is 346 g/mol. The molecule has 1 aliphatic heterocycles. The summed E-state index contributed by atoms with van der Waals surface area (Å²) in [7, 11) is 0. The predicted octanol–water partition coefficient (Wildman–Crippen LogP) is 1.57. The van der Waals surface area contributed by atoms with E-state index in [-0.39, 0.29) is 5.91 Å². The van der Waals surface area contributed by atoms with Crippen molar-refractivity contribution in [1.82, 2.24) is 20.2 Å². The highest BCUT2D eigenvalue weighted by Crippen LogP contribution is 2.14. The normalized spacial score (nSPS) is 15.3. The van der Waals surface area contributed by atoms with Gasteiger partial charge in [-0.2, -0.15) is 0 Å². The van der Waals surface area contributed by atoms with Gasteiger partial charge in [-0.3, -0.25) is 14.7 Å². The third-order valence-corrected chi connectivity index (χ3v) is 4.42. The zero-order valence-corrected chi connectivity index (χ0v) is 14.1. The van der Waals surface area contributed by atoms with Crippen molar-refractivity contribution in [3.05, 3.63) is 53.4 Å². The van der Waals surface area contributed by atoms with Gasteiger partial charge >= 0.3 is 0 Å². The van der Waals surface area contributed by atoms with Crippen LogP contribution in [0.15, 0.2) is 42.9 Å². The minimum absolute atomic E-state index is 0.0165. The molecule has 1 fully saturated rings. The first-order valence-corrected chi connectivity index (χ1v) is 8.33. The summed E-state index contributed by atoms with van der Waals surface area (Å²) in [5, 5.41) is 3.61. The fourth-order valence-electron chi connectivity index (χ4n) is 2.68. The number of hydrogen-bond donors (Lipinski definition) is 1. The third kappa shape index (κ3) is 4.43. The number of nitrogens with zero attached hydrogens (tertiary/aromatic N) is 4. The van der Waals surface area contributed by atoms with E-state index in [0.717, 1.165) is 37.6 Å². The van der Waals surface area contributed by atoms with Crippen LogP contribution in [-0.4, -0.2) is 53.5 Å². The molecule has 0 bridgehead atoms. The van der Waals surface area contributed by atoms with Gasteiger partial charge in [-0.15, -0.1) is 0 Å². The number of carbonyl (C=O) groups excluding carboxylic acids is 1. The zero-order chi connectivity index (χ0) is 16.8. The van der Waals surface area contributed by atoms with Crippen molar-refractivity contribution in [3.8, 4) is 0 Å². The summed E-state index contributed by atoms with van der Waals surface area (Å²) in [5.74, 6) is 0.906. The summed E-state index contributed by atoms with van der Waals surface area (Å²) in [4.78, 5) is 24.9. The Labute approximate surface area is 146 Å². The van der Waals surface area contributed by atoms with Crippen molar-refractivity contribution < 1.29 is 4.79 Å². The van der Waals surface area contributed by atoms with Crippen LogP contribution >= 0.6 is 11.6 Å². The summed E-state index contributed by atoms with van der Waals surface area (Å²) in [6.07, 6.45) is 5.14. The predicted molar refractivity (Wildman–Crippen MR) is 94.0 cm³/mol. The maximum absolute atomic E-state index is 12.1. The summed E-state index contributed by atoms with van der Waals surface area (Å²) in [6, 6.07) is 7.54. The average Bonchev–Trinajstić information content (AvgIpc) is 2.62. The Balaban J connectivity index is 1.43. The third-order valence-electron chi connectivity index (χ3n) is 4.05. The molecule has 6 nitrogen and oxygen atoms in total. The molecule has 1 aromatic carbocycles. The van der Waals surface area contributed by atoms with Crippen LogP contribution in [0.2, 0.25) is 5.02 Å². The van der Waals surface area contributed by atoms with Gasteiger partial charge < -0.3 is 10.2 Å². The van der Waals surface area contributed by atoms with Gasteiger partial charge in [-0.05, 0) is 11.6 Å². The Hall–Kier alpha value is -2.18. The zero-order valence-electron chi connectivity index (χ0n) is 13.4. The van der Waals surface area contributed by atoms with Crippen LogP contribution < -0.4 is 10.2 Å². The van der Waals surface area contributed by atoms with Crippen LogP contribution in [0.4, 0.5) is 5.82 Å². The number of nitrogens with one attached hydrogen (secondary N) is 1. The van der Waals surface area contributed by atoms with Crippen molar-refractivity contribution in [2.24, 2.45) is 0 Å². The molecule has 0 radical (unpaired) electrons. The Bertz CT molecular complexity index is 674. The second-order valence-corrected chi connectivity index (χ2v) is 6.10. The molecule has 0 aliphatic carbocycles. The fraction of sp³-hybridized carbons (Fsp3) is 0.353. The number of rotatable bonds is 5. The molecule has 1 amide bonds. The molecule has 2 heterocycles. The number of hydrogen-bond acceptors (Lipinski definition) is 5. The van der Waals surface area contributed by atoms with Crippen LogP contribution in [-0.2, 0) is 11.3 Å². The highest BCUT2D eigenvalue weighted by atomic mass is 35.5. The Morgan fingerprint density at radius 1 is 1.17 bits per heavy atom. The van der Waals surface area contributed by atoms with E-state index in [0.29, 0.717) is 18.1 Å². The molecule has 1 saturated heterocycles.